The first-order chi connectivity index (χ1) is 9.58. The van der Waals surface area contributed by atoms with Crippen LogP contribution in [0.15, 0.2) is 44.8 Å². The molecule has 2 N–H and O–H groups in total. The molecule has 0 saturated heterocycles. The van der Waals surface area contributed by atoms with Crippen LogP contribution < -0.4 is 11.0 Å². The number of nitro benzene ring substituents is 1. The summed E-state index contributed by atoms with van der Waals surface area (Å²) in [6.45, 7) is 0. The standard InChI is InChI=1S/C11H8BrN5O3/c12-10-9(6-14-16-11(10)18)15-13-5-7-1-3-8(4-2-7)17(19)20/h1-6H,(H2,15,16,18). The Balaban J connectivity index is 2.08. The molecule has 0 aliphatic heterocycles. The Bertz CT molecular complexity index is 711. The van der Waals surface area contributed by atoms with Crippen molar-refractivity contribution in [2.24, 2.45) is 5.10 Å². The number of benzene rings is 1. The van der Waals surface area contributed by atoms with Gasteiger partial charge < -0.3 is 0 Å². The molecular weight excluding hydrogens is 330 g/mol. The van der Waals surface area contributed by atoms with Gasteiger partial charge in [-0.15, -0.1) is 0 Å². The number of hydrazone groups is 1. The molecule has 8 nitrogen and oxygen atoms in total. The van der Waals surface area contributed by atoms with Crippen molar-refractivity contribution < 1.29 is 4.92 Å². The third-order valence-electron chi connectivity index (χ3n) is 2.30. The van der Waals surface area contributed by atoms with Crippen LogP contribution in [0.5, 0.6) is 0 Å². The number of nitro groups is 1. The molecule has 1 heterocycles. The zero-order chi connectivity index (χ0) is 14.5. The van der Waals surface area contributed by atoms with Crippen molar-refractivity contribution in [3.63, 3.8) is 0 Å². The van der Waals surface area contributed by atoms with E-state index in [1.54, 1.807) is 12.1 Å². The SMILES string of the molecule is O=c1[nH]ncc(NN=Cc2ccc([N+](=O)[O-])cc2)c1Br. The summed E-state index contributed by atoms with van der Waals surface area (Å²) < 4.78 is 0.286. The van der Waals surface area contributed by atoms with Gasteiger partial charge in [-0.2, -0.15) is 10.2 Å². The van der Waals surface area contributed by atoms with Gasteiger partial charge in [0.15, 0.2) is 0 Å². The minimum Gasteiger partial charge on any atom is -0.275 e. The number of non-ortho nitro benzene ring substituents is 1. The predicted molar refractivity (Wildman–Crippen MR) is 76.9 cm³/mol. The highest BCUT2D eigenvalue weighted by molar-refractivity contribution is 9.10. The Hall–Kier alpha value is -2.55. The predicted octanol–water partition coefficient (Wildman–Crippen LogP) is 1.89. The first-order valence-corrected chi connectivity index (χ1v) is 6.14. The summed E-state index contributed by atoms with van der Waals surface area (Å²) in [6.07, 6.45) is 2.87. The molecule has 0 bridgehead atoms. The van der Waals surface area contributed by atoms with E-state index in [4.69, 9.17) is 0 Å². The molecular formula is C11H8BrN5O3. The van der Waals surface area contributed by atoms with Crippen LogP contribution in [0.1, 0.15) is 5.56 Å². The lowest BCUT2D eigenvalue weighted by Crippen LogP contribution is -2.10. The minimum absolute atomic E-state index is 0.0108. The zero-order valence-corrected chi connectivity index (χ0v) is 11.5. The maximum absolute atomic E-state index is 11.3. The van der Waals surface area contributed by atoms with Crippen molar-refractivity contribution in [1.82, 2.24) is 10.2 Å². The first kappa shape index (κ1) is 13.9. The summed E-state index contributed by atoms with van der Waals surface area (Å²) in [5.74, 6) is 0. The molecule has 20 heavy (non-hydrogen) atoms. The van der Waals surface area contributed by atoms with Crippen LogP contribution in [0, 0.1) is 10.1 Å². The molecule has 0 fully saturated rings. The van der Waals surface area contributed by atoms with E-state index in [0.29, 0.717) is 11.3 Å². The lowest BCUT2D eigenvalue weighted by molar-refractivity contribution is -0.384. The van der Waals surface area contributed by atoms with E-state index in [0.717, 1.165) is 0 Å². The molecule has 0 radical (unpaired) electrons. The second-order valence-electron chi connectivity index (χ2n) is 3.65. The van der Waals surface area contributed by atoms with E-state index < -0.39 is 4.92 Å². The quantitative estimate of drug-likeness (QED) is 0.502. The Morgan fingerprint density at radius 1 is 1.40 bits per heavy atom. The van der Waals surface area contributed by atoms with Crippen LogP contribution in [0.25, 0.3) is 0 Å². The van der Waals surface area contributed by atoms with Crippen LogP contribution in [0.4, 0.5) is 11.4 Å². The van der Waals surface area contributed by atoms with Crippen LogP contribution in [0.3, 0.4) is 0 Å². The normalized spacial score (nSPS) is 10.7. The average molecular weight is 338 g/mol. The van der Waals surface area contributed by atoms with Gasteiger partial charge in [-0.1, -0.05) is 0 Å². The highest BCUT2D eigenvalue weighted by Gasteiger charge is 2.03. The van der Waals surface area contributed by atoms with Crippen LogP contribution in [-0.2, 0) is 0 Å². The topological polar surface area (TPSA) is 113 Å². The Labute approximate surface area is 120 Å². The monoisotopic (exact) mass is 337 g/mol. The summed E-state index contributed by atoms with van der Waals surface area (Å²) in [5.41, 5.74) is 3.37. The molecule has 0 atom stereocenters. The number of halogens is 1. The average Bonchev–Trinajstić information content (AvgIpc) is 2.44. The lowest BCUT2D eigenvalue weighted by atomic mass is 10.2. The largest absolute Gasteiger partial charge is 0.280 e. The van der Waals surface area contributed by atoms with Crippen molar-refractivity contribution in [2.45, 2.75) is 0 Å². The number of hydrogen-bond donors (Lipinski definition) is 2. The van der Waals surface area contributed by atoms with E-state index in [-0.39, 0.29) is 15.7 Å². The Kier molecular flexibility index (Phi) is 4.20. The van der Waals surface area contributed by atoms with Crippen molar-refractivity contribution in [3.05, 3.63) is 61.0 Å². The van der Waals surface area contributed by atoms with E-state index in [9.17, 15) is 14.9 Å². The molecule has 2 aromatic rings. The van der Waals surface area contributed by atoms with Gasteiger partial charge in [0.2, 0.25) is 0 Å². The molecule has 0 unspecified atom stereocenters. The van der Waals surface area contributed by atoms with Crippen molar-refractivity contribution in [3.8, 4) is 0 Å². The molecule has 0 amide bonds. The van der Waals surface area contributed by atoms with E-state index in [1.807, 2.05) is 0 Å². The van der Waals surface area contributed by atoms with Gasteiger partial charge in [-0.25, -0.2) is 5.10 Å². The Morgan fingerprint density at radius 2 is 2.10 bits per heavy atom. The third-order valence-corrected chi connectivity index (χ3v) is 3.09. The number of aromatic nitrogens is 2. The maximum atomic E-state index is 11.3. The smallest absolute Gasteiger partial charge is 0.275 e. The molecule has 0 aliphatic carbocycles. The molecule has 102 valence electrons. The molecule has 9 heteroatoms. The molecule has 0 aliphatic rings. The van der Waals surface area contributed by atoms with Crippen molar-refractivity contribution in [1.29, 1.82) is 0 Å². The van der Waals surface area contributed by atoms with E-state index in [1.165, 1.54) is 24.5 Å². The molecule has 0 saturated carbocycles. The van der Waals surface area contributed by atoms with Gasteiger partial charge in [-0.3, -0.25) is 20.3 Å². The van der Waals surface area contributed by atoms with Crippen LogP contribution in [0.2, 0.25) is 0 Å². The van der Waals surface area contributed by atoms with E-state index in [2.05, 4.69) is 36.7 Å². The number of H-pyrrole nitrogens is 1. The zero-order valence-electron chi connectivity index (χ0n) is 9.91. The Morgan fingerprint density at radius 3 is 2.75 bits per heavy atom. The summed E-state index contributed by atoms with van der Waals surface area (Å²) >= 11 is 3.10. The second kappa shape index (κ2) is 6.06. The van der Waals surface area contributed by atoms with Gasteiger partial charge in [0.25, 0.3) is 11.2 Å². The number of rotatable bonds is 4. The van der Waals surface area contributed by atoms with Crippen LogP contribution >= 0.6 is 15.9 Å². The first-order valence-electron chi connectivity index (χ1n) is 5.34. The number of anilines is 1. The van der Waals surface area contributed by atoms with Crippen molar-refractivity contribution >= 4 is 33.5 Å². The number of hydrogen-bond acceptors (Lipinski definition) is 6. The number of nitrogens with one attached hydrogen (secondary N) is 2. The third kappa shape index (κ3) is 3.26. The van der Waals surface area contributed by atoms with Gasteiger partial charge >= 0.3 is 0 Å². The summed E-state index contributed by atoms with van der Waals surface area (Å²) in [5, 5.41) is 20.3. The van der Waals surface area contributed by atoms with Gasteiger partial charge in [-0.05, 0) is 33.6 Å². The van der Waals surface area contributed by atoms with Gasteiger partial charge in [0, 0.05) is 12.1 Å². The number of aromatic amines is 1. The highest BCUT2D eigenvalue weighted by atomic mass is 79.9. The molecule has 1 aromatic heterocycles. The summed E-state index contributed by atoms with van der Waals surface area (Å²) in [4.78, 5) is 21.3. The maximum Gasteiger partial charge on any atom is 0.280 e. The fourth-order valence-electron chi connectivity index (χ4n) is 1.32. The second-order valence-corrected chi connectivity index (χ2v) is 4.44. The van der Waals surface area contributed by atoms with Crippen molar-refractivity contribution in [2.75, 3.05) is 5.43 Å². The lowest BCUT2D eigenvalue weighted by Gasteiger charge is -2.00. The summed E-state index contributed by atoms with van der Waals surface area (Å²) in [6, 6.07) is 5.89. The van der Waals surface area contributed by atoms with Crippen LogP contribution in [-0.4, -0.2) is 21.3 Å². The van der Waals surface area contributed by atoms with Gasteiger partial charge in [0.1, 0.15) is 4.47 Å². The minimum atomic E-state index is -0.474. The molecule has 1 aromatic carbocycles. The highest BCUT2D eigenvalue weighted by Crippen LogP contribution is 2.15. The summed E-state index contributed by atoms with van der Waals surface area (Å²) in [7, 11) is 0. The fraction of sp³-hybridized carbons (Fsp3) is 0. The van der Waals surface area contributed by atoms with E-state index >= 15 is 0 Å². The van der Waals surface area contributed by atoms with Gasteiger partial charge in [0.05, 0.1) is 23.0 Å². The molecule has 0 spiro atoms. The fourth-order valence-corrected chi connectivity index (χ4v) is 1.60. The number of nitrogens with zero attached hydrogens (tertiary/aromatic N) is 3. The molecule has 2 rings (SSSR count).